The number of cyclic esters (lactones) is 1. The molecule has 1 heterocycles. The molecule has 0 atom stereocenters. The average molecular weight is 457 g/mol. The van der Waals surface area contributed by atoms with Crippen molar-refractivity contribution in [2.45, 2.75) is 38.3 Å². The van der Waals surface area contributed by atoms with E-state index in [1.54, 1.807) is 36.4 Å². The summed E-state index contributed by atoms with van der Waals surface area (Å²) in [5.74, 6) is -1.46. The first-order chi connectivity index (χ1) is 15.7. The fourth-order valence-corrected chi connectivity index (χ4v) is 3.65. The van der Waals surface area contributed by atoms with E-state index in [0.717, 1.165) is 18.9 Å². The van der Waals surface area contributed by atoms with Crippen LogP contribution in [0.2, 0.25) is 0 Å². The predicted octanol–water partition coefficient (Wildman–Crippen LogP) is 5.98. The van der Waals surface area contributed by atoms with Gasteiger partial charge in [0.15, 0.2) is 0 Å². The lowest BCUT2D eigenvalue weighted by atomic mass is 9.90. The summed E-state index contributed by atoms with van der Waals surface area (Å²) in [4.78, 5) is 22.0. The number of allylic oxidation sites excluding steroid dienone is 2. The van der Waals surface area contributed by atoms with Gasteiger partial charge in [0.2, 0.25) is 0 Å². The topological polar surface area (TPSA) is 67.2 Å². The number of aldehydes is 1. The Morgan fingerprint density at radius 2 is 1.73 bits per heavy atom. The lowest BCUT2D eigenvalue weighted by molar-refractivity contribution is -0.134. The Kier molecular flexibility index (Phi) is 7.44. The zero-order chi connectivity index (χ0) is 24.0. The third-order valence-electron chi connectivity index (χ3n) is 5.27. The van der Waals surface area contributed by atoms with Crippen LogP contribution < -0.4 is 0 Å². The number of halogens is 4. The van der Waals surface area contributed by atoms with Crippen LogP contribution in [0.3, 0.4) is 0 Å². The van der Waals surface area contributed by atoms with E-state index < -0.39 is 23.5 Å². The molecule has 170 valence electrons. The van der Waals surface area contributed by atoms with E-state index in [2.05, 4.69) is 0 Å². The van der Waals surface area contributed by atoms with Crippen molar-refractivity contribution in [3.63, 3.8) is 0 Å². The van der Waals surface area contributed by atoms with Crippen molar-refractivity contribution in [3.05, 3.63) is 93.5 Å². The minimum Gasteiger partial charge on any atom is -0.423 e. The normalized spacial score (nSPS) is 16.8. The second-order valence-corrected chi connectivity index (χ2v) is 7.49. The van der Waals surface area contributed by atoms with E-state index in [4.69, 9.17) is 10.00 Å². The smallest absolute Gasteiger partial charge is 0.416 e. The summed E-state index contributed by atoms with van der Waals surface area (Å²) in [6.45, 7) is 0. The van der Waals surface area contributed by atoms with Crippen LogP contribution in [0, 0.1) is 17.1 Å². The third kappa shape index (κ3) is 5.75. The van der Waals surface area contributed by atoms with Crippen LogP contribution >= 0.6 is 0 Å². The summed E-state index contributed by atoms with van der Waals surface area (Å²) in [7, 11) is 0. The molecule has 0 spiro atoms. The number of carbonyl (C=O) groups is 2. The van der Waals surface area contributed by atoms with Gasteiger partial charge < -0.3 is 4.74 Å². The highest BCUT2D eigenvalue weighted by Crippen LogP contribution is 2.42. The summed E-state index contributed by atoms with van der Waals surface area (Å²) in [5, 5.41) is 8.33. The molecule has 2 aromatic rings. The van der Waals surface area contributed by atoms with Crippen LogP contribution in [0.5, 0.6) is 0 Å². The molecule has 0 bridgehead atoms. The van der Waals surface area contributed by atoms with Crippen LogP contribution in [0.1, 0.15) is 47.2 Å². The Bertz CT molecular complexity index is 1160. The van der Waals surface area contributed by atoms with Gasteiger partial charge in [0.05, 0.1) is 11.1 Å². The van der Waals surface area contributed by atoms with E-state index in [-0.39, 0.29) is 17.7 Å². The standard InChI is InChI=1S/C17H15F3O2.C8H4FNO/c18-17(19,20)14(10-11-6-2-1-3-7-11)15-12-8-4-5-9-13(12)16(21)22-15;9-8-2-1-6(5-11)3-7(8)4-10/h1-3,6-7H,4-5,8-10H2;1-3,5H. The maximum Gasteiger partial charge on any atom is 0.416 e. The van der Waals surface area contributed by atoms with Crippen molar-refractivity contribution in [3.8, 4) is 6.07 Å². The summed E-state index contributed by atoms with van der Waals surface area (Å²) in [6.07, 6.45) is -1.65. The number of nitriles is 1. The van der Waals surface area contributed by atoms with Gasteiger partial charge in [-0.2, -0.15) is 18.4 Å². The Morgan fingerprint density at radius 3 is 2.33 bits per heavy atom. The highest BCUT2D eigenvalue weighted by atomic mass is 19.4. The van der Waals surface area contributed by atoms with Crippen molar-refractivity contribution in [2.75, 3.05) is 0 Å². The first-order valence-corrected chi connectivity index (χ1v) is 10.2. The molecular formula is C25H19F4NO3. The van der Waals surface area contributed by atoms with E-state index in [1.165, 1.54) is 12.1 Å². The van der Waals surface area contributed by atoms with E-state index in [0.29, 0.717) is 41.4 Å². The number of benzene rings is 2. The number of alkyl halides is 3. The molecule has 0 saturated carbocycles. The molecule has 0 saturated heterocycles. The summed E-state index contributed by atoms with van der Waals surface area (Å²) in [6, 6.07) is 13.7. The highest BCUT2D eigenvalue weighted by molar-refractivity contribution is 5.95. The summed E-state index contributed by atoms with van der Waals surface area (Å²) in [5.41, 5.74) is 0.871. The Labute approximate surface area is 187 Å². The van der Waals surface area contributed by atoms with Gasteiger partial charge >= 0.3 is 12.1 Å². The number of hydrogen-bond acceptors (Lipinski definition) is 4. The average Bonchev–Trinajstić information content (AvgIpc) is 3.14. The van der Waals surface area contributed by atoms with Crippen molar-refractivity contribution in [2.24, 2.45) is 0 Å². The number of ether oxygens (including phenoxy) is 1. The molecule has 33 heavy (non-hydrogen) atoms. The SMILES string of the molecule is N#Cc1cc(C=O)ccc1F.O=C1OC(=C(Cc2ccccc2)C(F)(F)F)C2=C1CCCC2. The maximum absolute atomic E-state index is 13.5. The minimum absolute atomic E-state index is 0.102. The number of esters is 1. The fraction of sp³-hybridized carbons (Fsp3) is 0.240. The maximum atomic E-state index is 13.5. The molecule has 8 heteroatoms. The molecule has 2 aromatic carbocycles. The Morgan fingerprint density at radius 1 is 1.06 bits per heavy atom. The first kappa shape index (κ1) is 23.9. The molecule has 0 unspecified atom stereocenters. The van der Waals surface area contributed by atoms with Crippen LogP contribution in [-0.2, 0) is 16.0 Å². The first-order valence-electron chi connectivity index (χ1n) is 10.2. The van der Waals surface area contributed by atoms with Gasteiger partial charge in [-0.05, 0) is 49.4 Å². The van der Waals surface area contributed by atoms with Crippen molar-refractivity contribution >= 4 is 12.3 Å². The van der Waals surface area contributed by atoms with Crippen LogP contribution in [0.15, 0.2) is 71.0 Å². The second-order valence-electron chi connectivity index (χ2n) is 7.49. The number of rotatable bonds is 3. The van der Waals surface area contributed by atoms with E-state index in [1.807, 2.05) is 0 Å². The molecular weight excluding hydrogens is 438 g/mol. The monoisotopic (exact) mass is 457 g/mol. The highest BCUT2D eigenvalue weighted by Gasteiger charge is 2.42. The summed E-state index contributed by atoms with van der Waals surface area (Å²) < 4.78 is 58.0. The molecule has 0 fully saturated rings. The fourth-order valence-electron chi connectivity index (χ4n) is 3.65. The number of hydrogen-bond donors (Lipinski definition) is 0. The molecule has 0 N–H and O–H groups in total. The lowest BCUT2D eigenvalue weighted by Crippen LogP contribution is -2.18. The zero-order valence-electron chi connectivity index (χ0n) is 17.4. The molecule has 1 aliphatic heterocycles. The Hall–Kier alpha value is -3.73. The molecule has 0 radical (unpaired) electrons. The Balaban J connectivity index is 0.000000235. The van der Waals surface area contributed by atoms with Gasteiger partial charge in [0, 0.05) is 23.1 Å². The second kappa shape index (κ2) is 10.3. The molecule has 0 aromatic heterocycles. The van der Waals surface area contributed by atoms with Crippen LogP contribution in [-0.4, -0.2) is 18.4 Å². The van der Waals surface area contributed by atoms with Gasteiger partial charge in [-0.15, -0.1) is 0 Å². The molecule has 4 rings (SSSR count). The number of nitrogens with zero attached hydrogens (tertiary/aromatic N) is 1. The lowest BCUT2D eigenvalue weighted by Gasteiger charge is -2.17. The molecule has 0 amide bonds. The van der Waals surface area contributed by atoms with Gasteiger partial charge in [-0.3, -0.25) is 4.79 Å². The van der Waals surface area contributed by atoms with Crippen LogP contribution in [0.25, 0.3) is 0 Å². The van der Waals surface area contributed by atoms with Crippen molar-refractivity contribution in [1.82, 2.24) is 0 Å². The quantitative estimate of drug-likeness (QED) is 0.323. The largest absolute Gasteiger partial charge is 0.423 e. The van der Waals surface area contributed by atoms with E-state index in [9.17, 15) is 27.2 Å². The minimum atomic E-state index is -4.52. The molecule has 4 nitrogen and oxygen atoms in total. The van der Waals surface area contributed by atoms with E-state index >= 15 is 0 Å². The number of carbonyl (C=O) groups excluding carboxylic acids is 2. The molecule has 2 aliphatic rings. The van der Waals surface area contributed by atoms with Gasteiger partial charge in [0.25, 0.3) is 0 Å². The summed E-state index contributed by atoms with van der Waals surface area (Å²) >= 11 is 0. The van der Waals surface area contributed by atoms with Crippen LogP contribution in [0.4, 0.5) is 17.6 Å². The van der Waals surface area contributed by atoms with Crippen molar-refractivity contribution < 1.29 is 31.9 Å². The van der Waals surface area contributed by atoms with Crippen molar-refractivity contribution in [1.29, 1.82) is 5.26 Å². The third-order valence-corrected chi connectivity index (χ3v) is 5.27. The molecule has 1 aliphatic carbocycles. The zero-order valence-corrected chi connectivity index (χ0v) is 17.4. The predicted molar refractivity (Wildman–Crippen MR) is 111 cm³/mol. The van der Waals surface area contributed by atoms with Gasteiger partial charge in [0.1, 0.15) is 23.9 Å². The van der Waals surface area contributed by atoms with Gasteiger partial charge in [-0.25, -0.2) is 9.18 Å². The van der Waals surface area contributed by atoms with Gasteiger partial charge in [-0.1, -0.05) is 30.3 Å².